The Balaban J connectivity index is 2.35. The van der Waals surface area contributed by atoms with Crippen LogP contribution in [-0.2, 0) is 4.79 Å². The van der Waals surface area contributed by atoms with Crippen LogP contribution in [0.15, 0.2) is 12.1 Å². The summed E-state index contributed by atoms with van der Waals surface area (Å²) in [7, 11) is 0. The zero-order valence-corrected chi connectivity index (χ0v) is 9.55. The molecule has 6 heteroatoms. The molecule has 1 N–H and O–H groups in total. The molecule has 0 spiro atoms. The first-order valence-electron chi connectivity index (χ1n) is 5.08. The van der Waals surface area contributed by atoms with Crippen LogP contribution in [0.1, 0.15) is 6.42 Å². The maximum absolute atomic E-state index is 13.1. The van der Waals surface area contributed by atoms with E-state index in [1.165, 1.54) is 4.90 Å². The highest BCUT2D eigenvalue weighted by Crippen LogP contribution is 2.32. The van der Waals surface area contributed by atoms with Gasteiger partial charge in [-0.3, -0.25) is 4.79 Å². The van der Waals surface area contributed by atoms with E-state index in [0.717, 1.165) is 12.1 Å². The molecule has 1 amide bonds. The van der Waals surface area contributed by atoms with Gasteiger partial charge in [0.2, 0.25) is 5.91 Å². The van der Waals surface area contributed by atoms with Gasteiger partial charge in [-0.15, -0.1) is 0 Å². The average Bonchev–Trinajstić information content (AvgIpc) is 2.65. The minimum absolute atomic E-state index is 0.0177. The van der Waals surface area contributed by atoms with E-state index in [1.54, 1.807) is 0 Å². The lowest BCUT2D eigenvalue weighted by atomic mass is 10.1. The molecular weight excluding hydrogens is 252 g/mol. The fourth-order valence-electron chi connectivity index (χ4n) is 1.86. The number of aliphatic hydroxyl groups excluding tert-OH is 1. The SMILES string of the molecule is O=C1CC(CO)CN1c1cc(F)c(F)cc1Cl. The lowest BCUT2D eigenvalue weighted by Crippen LogP contribution is -2.25. The summed E-state index contributed by atoms with van der Waals surface area (Å²) in [6.07, 6.45) is 0.186. The Labute approximate surface area is 102 Å². The summed E-state index contributed by atoms with van der Waals surface area (Å²) in [5.74, 6) is -2.54. The van der Waals surface area contributed by atoms with E-state index in [0.29, 0.717) is 0 Å². The van der Waals surface area contributed by atoms with E-state index in [1.807, 2.05) is 0 Å². The van der Waals surface area contributed by atoms with Crippen molar-refractivity contribution in [2.75, 3.05) is 18.1 Å². The number of anilines is 1. The number of halogens is 3. The van der Waals surface area contributed by atoms with Crippen molar-refractivity contribution in [1.82, 2.24) is 0 Å². The van der Waals surface area contributed by atoms with E-state index < -0.39 is 11.6 Å². The number of benzene rings is 1. The first-order chi connectivity index (χ1) is 8.02. The van der Waals surface area contributed by atoms with Gasteiger partial charge in [-0.1, -0.05) is 11.6 Å². The van der Waals surface area contributed by atoms with Gasteiger partial charge in [-0.2, -0.15) is 0 Å². The van der Waals surface area contributed by atoms with Crippen LogP contribution in [-0.4, -0.2) is 24.2 Å². The highest BCUT2D eigenvalue weighted by Gasteiger charge is 2.31. The summed E-state index contributed by atoms with van der Waals surface area (Å²) >= 11 is 5.77. The van der Waals surface area contributed by atoms with Gasteiger partial charge >= 0.3 is 0 Å². The van der Waals surface area contributed by atoms with E-state index in [2.05, 4.69) is 0 Å². The largest absolute Gasteiger partial charge is 0.396 e. The Morgan fingerprint density at radius 3 is 2.65 bits per heavy atom. The molecule has 1 unspecified atom stereocenters. The number of carbonyl (C=O) groups excluding carboxylic acids is 1. The third-order valence-electron chi connectivity index (χ3n) is 2.74. The van der Waals surface area contributed by atoms with Crippen LogP contribution >= 0.6 is 11.6 Å². The van der Waals surface area contributed by atoms with Crippen molar-refractivity contribution in [2.45, 2.75) is 6.42 Å². The van der Waals surface area contributed by atoms with Gasteiger partial charge in [0.25, 0.3) is 0 Å². The standard InChI is InChI=1S/C11H10ClF2NO2/c12-7-2-8(13)9(14)3-10(7)15-4-6(5-16)1-11(15)17/h2-3,6,16H,1,4-5H2. The Bertz CT molecular complexity index is 467. The minimum atomic E-state index is -1.05. The molecule has 1 heterocycles. The molecule has 0 aliphatic carbocycles. The Morgan fingerprint density at radius 1 is 1.41 bits per heavy atom. The predicted molar refractivity (Wildman–Crippen MR) is 58.9 cm³/mol. The molecule has 3 nitrogen and oxygen atoms in total. The number of carbonyl (C=O) groups is 1. The number of hydrogen-bond donors (Lipinski definition) is 1. The molecule has 1 aliphatic rings. The summed E-state index contributed by atoms with van der Waals surface area (Å²) < 4.78 is 26.0. The Hall–Kier alpha value is -1.20. The lowest BCUT2D eigenvalue weighted by Gasteiger charge is -2.18. The van der Waals surface area contributed by atoms with Crippen molar-refractivity contribution in [2.24, 2.45) is 5.92 Å². The second-order valence-corrected chi connectivity index (χ2v) is 4.38. The molecule has 17 heavy (non-hydrogen) atoms. The summed E-state index contributed by atoms with van der Waals surface area (Å²) in [6.45, 7) is 0.143. The van der Waals surface area contributed by atoms with Crippen LogP contribution in [0.5, 0.6) is 0 Å². The quantitative estimate of drug-likeness (QED) is 0.827. The highest BCUT2D eigenvalue weighted by molar-refractivity contribution is 6.33. The molecule has 1 aliphatic heterocycles. The van der Waals surface area contributed by atoms with E-state index >= 15 is 0 Å². The van der Waals surface area contributed by atoms with Gasteiger partial charge in [0.05, 0.1) is 10.7 Å². The maximum Gasteiger partial charge on any atom is 0.227 e. The monoisotopic (exact) mass is 261 g/mol. The third kappa shape index (κ3) is 2.25. The minimum Gasteiger partial charge on any atom is -0.396 e. The van der Waals surface area contributed by atoms with Gasteiger partial charge in [0, 0.05) is 31.6 Å². The molecule has 1 saturated heterocycles. The molecular formula is C11H10ClF2NO2. The second kappa shape index (κ2) is 4.58. The molecule has 1 fully saturated rings. The number of aliphatic hydroxyl groups is 1. The maximum atomic E-state index is 13.1. The van der Waals surface area contributed by atoms with Crippen LogP contribution in [0.25, 0.3) is 0 Å². The number of nitrogens with zero attached hydrogens (tertiary/aromatic N) is 1. The lowest BCUT2D eigenvalue weighted by molar-refractivity contribution is -0.117. The third-order valence-corrected chi connectivity index (χ3v) is 3.05. The van der Waals surface area contributed by atoms with Crippen molar-refractivity contribution >= 4 is 23.2 Å². The zero-order chi connectivity index (χ0) is 12.6. The van der Waals surface area contributed by atoms with E-state index in [9.17, 15) is 13.6 Å². The molecule has 0 radical (unpaired) electrons. The number of hydrogen-bond acceptors (Lipinski definition) is 2. The van der Waals surface area contributed by atoms with Crippen LogP contribution in [0.2, 0.25) is 5.02 Å². The summed E-state index contributed by atoms with van der Waals surface area (Å²) in [5.41, 5.74) is 0.145. The summed E-state index contributed by atoms with van der Waals surface area (Å²) in [6, 6.07) is 1.74. The fraction of sp³-hybridized carbons (Fsp3) is 0.364. The van der Waals surface area contributed by atoms with E-state index in [4.69, 9.17) is 16.7 Å². The van der Waals surface area contributed by atoms with Crippen molar-refractivity contribution in [3.05, 3.63) is 28.8 Å². The molecule has 0 saturated carbocycles. The number of rotatable bonds is 2. The topological polar surface area (TPSA) is 40.5 Å². The Morgan fingerprint density at radius 2 is 2.06 bits per heavy atom. The van der Waals surface area contributed by atoms with E-state index in [-0.39, 0.29) is 42.1 Å². The fourth-order valence-corrected chi connectivity index (χ4v) is 2.11. The van der Waals surface area contributed by atoms with Crippen LogP contribution < -0.4 is 4.90 Å². The summed E-state index contributed by atoms with van der Waals surface area (Å²) in [4.78, 5) is 12.9. The van der Waals surface area contributed by atoms with Gasteiger partial charge in [0.1, 0.15) is 0 Å². The van der Waals surface area contributed by atoms with Crippen LogP contribution in [0.3, 0.4) is 0 Å². The van der Waals surface area contributed by atoms with Crippen molar-refractivity contribution < 1.29 is 18.7 Å². The first-order valence-corrected chi connectivity index (χ1v) is 5.46. The van der Waals surface area contributed by atoms with Gasteiger partial charge in [-0.05, 0) is 6.07 Å². The van der Waals surface area contributed by atoms with Gasteiger partial charge in [0.15, 0.2) is 11.6 Å². The number of amides is 1. The highest BCUT2D eigenvalue weighted by atomic mass is 35.5. The smallest absolute Gasteiger partial charge is 0.227 e. The van der Waals surface area contributed by atoms with Crippen molar-refractivity contribution in [3.63, 3.8) is 0 Å². The average molecular weight is 262 g/mol. The molecule has 1 aromatic carbocycles. The molecule has 0 bridgehead atoms. The van der Waals surface area contributed by atoms with Gasteiger partial charge < -0.3 is 10.0 Å². The summed E-state index contributed by atoms with van der Waals surface area (Å²) in [5, 5.41) is 8.95. The van der Waals surface area contributed by atoms with Crippen molar-refractivity contribution in [1.29, 1.82) is 0 Å². The zero-order valence-electron chi connectivity index (χ0n) is 8.79. The second-order valence-electron chi connectivity index (χ2n) is 3.97. The molecule has 1 atom stereocenters. The molecule has 1 aromatic rings. The molecule has 2 rings (SSSR count). The normalized spacial score (nSPS) is 20.1. The predicted octanol–water partition coefficient (Wildman–Crippen LogP) is 1.96. The first kappa shape index (κ1) is 12.3. The van der Waals surface area contributed by atoms with Crippen LogP contribution in [0.4, 0.5) is 14.5 Å². The Kier molecular flexibility index (Phi) is 3.31. The van der Waals surface area contributed by atoms with Crippen LogP contribution in [0, 0.1) is 17.6 Å². The van der Waals surface area contributed by atoms with Crippen molar-refractivity contribution in [3.8, 4) is 0 Å². The molecule has 0 aromatic heterocycles. The molecule has 92 valence electrons. The van der Waals surface area contributed by atoms with Gasteiger partial charge in [-0.25, -0.2) is 8.78 Å².